The number of fused-ring (bicyclic) bond motifs is 1. The molecule has 0 saturated carbocycles. The number of nitro benzene ring substituents is 1. The van der Waals surface area contributed by atoms with Crippen molar-refractivity contribution in [3.63, 3.8) is 0 Å². The Morgan fingerprint density at radius 3 is 2.92 bits per heavy atom. The number of hydrogen-bond acceptors (Lipinski definition) is 5. The molecule has 0 N–H and O–H groups in total. The summed E-state index contributed by atoms with van der Waals surface area (Å²) >= 11 is 0. The average Bonchev–Trinajstić information content (AvgIpc) is 3.01. The fourth-order valence-corrected chi connectivity index (χ4v) is 2.22. The number of allylic oxidation sites excluding steroid dienone is 1. The van der Waals surface area contributed by atoms with Gasteiger partial charge in [-0.25, -0.2) is 4.98 Å². The van der Waals surface area contributed by atoms with Gasteiger partial charge in [-0.05, 0) is 24.3 Å². The number of ketones is 1. The van der Waals surface area contributed by atoms with Crippen LogP contribution in [0.15, 0.2) is 54.9 Å². The Morgan fingerprint density at radius 2 is 2.17 bits per heavy atom. The van der Waals surface area contributed by atoms with E-state index in [2.05, 4.69) is 4.98 Å². The van der Waals surface area contributed by atoms with E-state index in [0.717, 1.165) is 0 Å². The Hall–Kier alpha value is -3.79. The fraction of sp³-hybridized carbons (Fsp3) is 0. The smallest absolute Gasteiger partial charge is 0.270 e. The molecule has 0 aliphatic carbocycles. The predicted octanol–water partition coefficient (Wildman–Crippen LogP) is 3.01. The van der Waals surface area contributed by atoms with Crippen LogP contribution in [0.4, 0.5) is 5.69 Å². The number of imidazole rings is 1. The first-order valence-electron chi connectivity index (χ1n) is 6.92. The molecular weight excluding hydrogens is 308 g/mol. The SMILES string of the molecule is N#Cc1ccc2ncc(/C=C/C(=O)c3cccc([N+](=O)[O-])c3)n2c1. The number of nitriles is 1. The molecule has 24 heavy (non-hydrogen) atoms. The summed E-state index contributed by atoms with van der Waals surface area (Å²) in [7, 11) is 0. The summed E-state index contributed by atoms with van der Waals surface area (Å²) in [4.78, 5) is 26.6. The molecule has 2 aromatic heterocycles. The first kappa shape index (κ1) is 15.1. The number of benzene rings is 1. The molecule has 0 amide bonds. The van der Waals surface area contributed by atoms with Crippen LogP contribution in [0.25, 0.3) is 11.7 Å². The summed E-state index contributed by atoms with van der Waals surface area (Å²) in [5, 5.41) is 19.7. The molecule has 0 saturated heterocycles. The number of non-ortho nitro benzene ring substituents is 1. The van der Waals surface area contributed by atoms with Gasteiger partial charge >= 0.3 is 0 Å². The number of pyridine rings is 1. The molecule has 0 atom stereocenters. The van der Waals surface area contributed by atoms with E-state index < -0.39 is 4.92 Å². The molecule has 0 fully saturated rings. The molecule has 1 aromatic carbocycles. The molecule has 3 rings (SSSR count). The van der Waals surface area contributed by atoms with E-state index >= 15 is 0 Å². The zero-order valence-corrected chi connectivity index (χ0v) is 12.3. The Labute approximate surface area is 136 Å². The third-order valence-electron chi connectivity index (χ3n) is 3.41. The summed E-state index contributed by atoms with van der Waals surface area (Å²) < 4.78 is 1.69. The molecule has 0 spiro atoms. The summed E-state index contributed by atoms with van der Waals surface area (Å²) in [6.07, 6.45) is 6.08. The van der Waals surface area contributed by atoms with Gasteiger partial charge in [-0.1, -0.05) is 12.1 Å². The zero-order valence-electron chi connectivity index (χ0n) is 12.3. The highest BCUT2D eigenvalue weighted by Gasteiger charge is 2.09. The van der Waals surface area contributed by atoms with Crippen molar-refractivity contribution in [3.8, 4) is 6.07 Å². The highest BCUT2D eigenvalue weighted by Crippen LogP contribution is 2.15. The topological polar surface area (TPSA) is 101 Å². The van der Waals surface area contributed by atoms with Crippen LogP contribution in [0.3, 0.4) is 0 Å². The van der Waals surface area contributed by atoms with Gasteiger partial charge in [0.15, 0.2) is 5.78 Å². The lowest BCUT2D eigenvalue weighted by Gasteiger charge is -1.98. The van der Waals surface area contributed by atoms with Gasteiger partial charge in [0.25, 0.3) is 5.69 Å². The lowest BCUT2D eigenvalue weighted by atomic mass is 10.1. The van der Waals surface area contributed by atoms with Crippen molar-refractivity contribution < 1.29 is 9.72 Å². The van der Waals surface area contributed by atoms with Crippen LogP contribution in [-0.4, -0.2) is 20.1 Å². The maximum atomic E-state index is 12.2. The molecule has 0 aliphatic heterocycles. The molecular formula is C17H10N4O3. The second kappa shape index (κ2) is 6.14. The molecule has 0 unspecified atom stereocenters. The van der Waals surface area contributed by atoms with Crippen LogP contribution in [0, 0.1) is 21.4 Å². The maximum absolute atomic E-state index is 12.2. The minimum absolute atomic E-state index is 0.136. The van der Waals surface area contributed by atoms with E-state index in [1.165, 1.54) is 30.3 Å². The van der Waals surface area contributed by atoms with Crippen molar-refractivity contribution in [1.82, 2.24) is 9.38 Å². The van der Waals surface area contributed by atoms with Gasteiger partial charge in [0.05, 0.1) is 22.4 Å². The van der Waals surface area contributed by atoms with E-state index in [9.17, 15) is 14.9 Å². The van der Waals surface area contributed by atoms with Gasteiger partial charge in [0.2, 0.25) is 0 Å². The van der Waals surface area contributed by atoms with Crippen molar-refractivity contribution in [2.45, 2.75) is 0 Å². The van der Waals surface area contributed by atoms with Crippen LogP contribution < -0.4 is 0 Å². The molecule has 0 aliphatic rings. The largest absolute Gasteiger partial charge is 0.299 e. The minimum Gasteiger partial charge on any atom is -0.299 e. The number of nitrogens with zero attached hydrogens (tertiary/aromatic N) is 4. The van der Waals surface area contributed by atoms with Crippen molar-refractivity contribution >= 4 is 23.2 Å². The standard InChI is InChI=1S/C17H10N4O3/c18-9-12-4-7-17-19-10-15(20(17)11-12)5-6-16(22)13-2-1-3-14(8-13)21(23)24/h1-8,10-11H/b6-5+. The predicted molar refractivity (Wildman–Crippen MR) is 86.4 cm³/mol. The van der Waals surface area contributed by atoms with E-state index in [0.29, 0.717) is 16.9 Å². The first-order chi connectivity index (χ1) is 11.6. The molecule has 3 aromatic rings. The number of aromatic nitrogens is 2. The van der Waals surface area contributed by atoms with E-state index in [1.54, 1.807) is 35.0 Å². The zero-order chi connectivity index (χ0) is 17.1. The third-order valence-corrected chi connectivity index (χ3v) is 3.41. The molecule has 0 radical (unpaired) electrons. The normalized spacial score (nSPS) is 10.8. The van der Waals surface area contributed by atoms with Gasteiger partial charge in [0, 0.05) is 23.9 Å². The fourth-order valence-electron chi connectivity index (χ4n) is 2.22. The lowest BCUT2D eigenvalue weighted by Crippen LogP contribution is -1.96. The number of rotatable bonds is 4. The van der Waals surface area contributed by atoms with Gasteiger partial charge in [-0.3, -0.25) is 19.3 Å². The van der Waals surface area contributed by atoms with Gasteiger partial charge < -0.3 is 0 Å². The molecule has 7 heteroatoms. The van der Waals surface area contributed by atoms with Crippen LogP contribution in [0.5, 0.6) is 0 Å². The highest BCUT2D eigenvalue weighted by atomic mass is 16.6. The first-order valence-corrected chi connectivity index (χ1v) is 6.92. The summed E-state index contributed by atoms with van der Waals surface area (Å²) in [5.74, 6) is -0.356. The average molecular weight is 318 g/mol. The number of carbonyl (C=O) groups is 1. The third kappa shape index (κ3) is 2.89. The molecule has 116 valence electrons. The summed E-state index contributed by atoms with van der Waals surface area (Å²) in [6.45, 7) is 0. The maximum Gasteiger partial charge on any atom is 0.270 e. The van der Waals surface area contributed by atoms with Crippen molar-refractivity contribution in [2.24, 2.45) is 0 Å². The van der Waals surface area contributed by atoms with Crippen LogP contribution in [0.2, 0.25) is 0 Å². The molecule has 0 bridgehead atoms. The lowest BCUT2D eigenvalue weighted by molar-refractivity contribution is -0.384. The van der Waals surface area contributed by atoms with E-state index in [1.807, 2.05) is 6.07 Å². The van der Waals surface area contributed by atoms with Crippen molar-refractivity contribution in [2.75, 3.05) is 0 Å². The van der Waals surface area contributed by atoms with Crippen molar-refractivity contribution in [1.29, 1.82) is 5.26 Å². The second-order valence-corrected chi connectivity index (χ2v) is 4.95. The van der Waals surface area contributed by atoms with Crippen LogP contribution in [0.1, 0.15) is 21.6 Å². The minimum atomic E-state index is -0.547. The monoisotopic (exact) mass is 318 g/mol. The molecule has 7 nitrogen and oxygen atoms in total. The van der Waals surface area contributed by atoms with Gasteiger partial charge in [0.1, 0.15) is 11.7 Å². The molecule has 2 heterocycles. The second-order valence-electron chi connectivity index (χ2n) is 4.95. The summed E-state index contributed by atoms with van der Waals surface area (Å²) in [5.41, 5.74) is 1.84. The quantitative estimate of drug-likeness (QED) is 0.318. The van der Waals surface area contributed by atoms with E-state index in [4.69, 9.17) is 5.26 Å². The van der Waals surface area contributed by atoms with Crippen molar-refractivity contribution in [3.05, 3.63) is 81.8 Å². The number of nitro groups is 1. The number of carbonyl (C=O) groups excluding carboxylic acids is 1. The van der Waals surface area contributed by atoms with Gasteiger partial charge in [-0.2, -0.15) is 5.26 Å². The van der Waals surface area contributed by atoms with Crippen LogP contribution >= 0.6 is 0 Å². The Balaban J connectivity index is 1.91. The van der Waals surface area contributed by atoms with E-state index in [-0.39, 0.29) is 17.0 Å². The highest BCUT2D eigenvalue weighted by molar-refractivity contribution is 6.07. The number of hydrogen-bond donors (Lipinski definition) is 0. The Morgan fingerprint density at radius 1 is 1.33 bits per heavy atom. The Bertz CT molecular complexity index is 1030. The Kier molecular flexibility index (Phi) is 3.87. The van der Waals surface area contributed by atoms with Gasteiger partial charge in [-0.15, -0.1) is 0 Å². The van der Waals surface area contributed by atoms with Crippen LogP contribution in [-0.2, 0) is 0 Å². The summed E-state index contributed by atoms with van der Waals surface area (Å²) in [6, 6.07) is 10.9.